The largest absolute Gasteiger partial charge is 0.496 e. The van der Waals surface area contributed by atoms with Crippen molar-refractivity contribution in [3.8, 4) is 0 Å². The van der Waals surface area contributed by atoms with E-state index in [-0.39, 0.29) is 20.7 Å². The highest BCUT2D eigenvalue weighted by atomic mass is 127. The van der Waals surface area contributed by atoms with Crippen molar-refractivity contribution in [3.63, 3.8) is 0 Å². The Morgan fingerprint density at radius 1 is 1.62 bits per heavy atom. The van der Waals surface area contributed by atoms with Crippen LogP contribution in [0.25, 0.3) is 0 Å². The fourth-order valence-electron chi connectivity index (χ4n) is 0.421. The maximum atomic E-state index is 4.97. The lowest BCUT2D eigenvalue weighted by atomic mass is 10.5. The lowest BCUT2D eigenvalue weighted by Crippen LogP contribution is -1.80. The van der Waals surface area contributed by atoms with Crippen molar-refractivity contribution in [3.05, 3.63) is 22.0 Å². The van der Waals surface area contributed by atoms with Gasteiger partial charge in [-0.2, -0.15) is 0 Å². The van der Waals surface area contributed by atoms with E-state index < -0.39 is 0 Å². The van der Waals surface area contributed by atoms with Gasteiger partial charge in [0, 0.05) is 4.08 Å². The molecule has 0 spiro atoms. The predicted octanol–water partition coefficient (Wildman–Crippen LogP) is 1.82. The summed E-state index contributed by atoms with van der Waals surface area (Å²) in [5.41, 5.74) is 0. The van der Waals surface area contributed by atoms with E-state index in [0.29, 0.717) is 0 Å². The first-order chi connectivity index (χ1) is 3.93. The molecular weight excluding hydrogens is 215 g/mol. The third kappa shape index (κ3) is 1.43. The Bertz CT molecular complexity index is 156. The van der Waals surface area contributed by atoms with E-state index in [1.54, 1.807) is 7.11 Å². The standard InChI is InChI=1S/C6H7IO/c1-8-6-3-2-4-7-5-6/h2-5H,1H3. The number of methoxy groups -OCH3 is 1. The Balaban J connectivity index is 2.68. The Morgan fingerprint density at radius 2 is 2.50 bits per heavy atom. The molecule has 0 aromatic heterocycles. The Kier molecular flexibility index (Phi) is 2.27. The van der Waals surface area contributed by atoms with Gasteiger partial charge in [0.05, 0.1) is 7.11 Å². The van der Waals surface area contributed by atoms with Crippen LogP contribution in [0.5, 0.6) is 0 Å². The second kappa shape index (κ2) is 3.02. The minimum absolute atomic E-state index is 0.169. The van der Waals surface area contributed by atoms with E-state index in [1.807, 2.05) is 12.2 Å². The van der Waals surface area contributed by atoms with Crippen LogP contribution in [0.4, 0.5) is 0 Å². The molecule has 8 heavy (non-hydrogen) atoms. The Hall–Kier alpha value is -0.120. The SMILES string of the molecule is COC1=CI=CC=C1. The summed E-state index contributed by atoms with van der Waals surface area (Å²) in [6.07, 6.45) is 4.02. The van der Waals surface area contributed by atoms with E-state index in [2.05, 4.69) is 8.09 Å². The van der Waals surface area contributed by atoms with Crippen molar-refractivity contribution in [2.24, 2.45) is 0 Å². The third-order valence-electron chi connectivity index (χ3n) is 0.812. The smallest absolute Gasteiger partial charge is 0.124 e. The summed E-state index contributed by atoms with van der Waals surface area (Å²) in [6.45, 7) is 0. The first-order valence-electron chi connectivity index (χ1n) is 2.29. The van der Waals surface area contributed by atoms with Gasteiger partial charge in [-0.3, -0.25) is 0 Å². The maximum Gasteiger partial charge on any atom is 0.124 e. The van der Waals surface area contributed by atoms with E-state index in [1.165, 1.54) is 0 Å². The molecule has 0 N–H and O–H groups in total. The molecule has 0 amide bonds. The second-order valence-corrected chi connectivity index (χ2v) is 3.39. The minimum atomic E-state index is 0.169. The summed E-state index contributed by atoms with van der Waals surface area (Å²) >= 11 is 0.169. The quantitative estimate of drug-likeness (QED) is 0.615. The van der Waals surface area contributed by atoms with Gasteiger partial charge in [0.25, 0.3) is 0 Å². The summed E-state index contributed by atoms with van der Waals surface area (Å²) < 4.78 is 9.32. The van der Waals surface area contributed by atoms with Gasteiger partial charge in [0.15, 0.2) is 0 Å². The van der Waals surface area contributed by atoms with Gasteiger partial charge in [-0.15, -0.1) is 0 Å². The molecule has 0 aromatic rings. The Labute approximate surface area is 58.8 Å². The summed E-state index contributed by atoms with van der Waals surface area (Å²) in [7, 11) is 1.70. The first kappa shape index (κ1) is 6.01. The molecule has 1 nitrogen and oxygen atoms in total. The zero-order valence-electron chi connectivity index (χ0n) is 4.60. The van der Waals surface area contributed by atoms with Crippen molar-refractivity contribution in [2.75, 3.05) is 7.11 Å². The molecule has 0 unspecified atom stereocenters. The molecule has 1 aliphatic rings. The molecule has 1 rings (SSSR count). The number of hydrogen-bond acceptors (Lipinski definition) is 1. The highest BCUT2D eigenvalue weighted by molar-refractivity contribution is 14.2. The second-order valence-electron chi connectivity index (χ2n) is 1.33. The highest BCUT2D eigenvalue weighted by Gasteiger charge is 1.87. The average molecular weight is 222 g/mol. The van der Waals surface area contributed by atoms with Gasteiger partial charge >= 0.3 is 0 Å². The van der Waals surface area contributed by atoms with Gasteiger partial charge in [-0.05, 0) is 10.1 Å². The molecule has 0 saturated carbocycles. The summed E-state index contributed by atoms with van der Waals surface area (Å²) in [5.74, 6) is 1.01. The summed E-state index contributed by atoms with van der Waals surface area (Å²) in [6, 6.07) is 0. The van der Waals surface area contributed by atoms with Gasteiger partial charge < -0.3 is 4.74 Å². The van der Waals surface area contributed by atoms with Crippen molar-refractivity contribution in [1.29, 1.82) is 0 Å². The molecule has 0 aliphatic carbocycles. The molecule has 0 saturated heterocycles. The van der Waals surface area contributed by atoms with E-state index in [4.69, 9.17) is 4.74 Å². The molecule has 1 heterocycles. The van der Waals surface area contributed by atoms with Crippen LogP contribution in [0.3, 0.4) is 0 Å². The summed E-state index contributed by atoms with van der Waals surface area (Å²) in [5, 5.41) is 0. The van der Waals surface area contributed by atoms with E-state index in [0.717, 1.165) is 5.76 Å². The van der Waals surface area contributed by atoms with Crippen molar-refractivity contribution in [1.82, 2.24) is 0 Å². The fourth-order valence-corrected chi connectivity index (χ4v) is 1.89. The molecule has 0 fully saturated rings. The molecule has 0 atom stereocenters. The molecule has 0 radical (unpaired) electrons. The molecule has 0 bridgehead atoms. The van der Waals surface area contributed by atoms with E-state index in [9.17, 15) is 0 Å². The lowest BCUT2D eigenvalue weighted by Gasteiger charge is -1.97. The molecule has 2 heteroatoms. The Morgan fingerprint density at radius 3 is 2.88 bits per heavy atom. The number of allylic oxidation sites excluding steroid dienone is 2. The van der Waals surface area contributed by atoms with Gasteiger partial charge in [-0.25, -0.2) is 0 Å². The molecule has 44 valence electrons. The van der Waals surface area contributed by atoms with Crippen molar-refractivity contribution < 1.29 is 4.74 Å². The zero-order valence-corrected chi connectivity index (χ0v) is 6.75. The molecule has 1 aliphatic heterocycles. The van der Waals surface area contributed by atoms with Gasteiger partial charge in [-0.1, -0.05) is 26.8 Å². The van der Waals surface area contributed by atoms with Crippen LogP contribution in [0.1, 0.15) is 0 Å². The highest BCUT2D eigenvalue weighted by Crippen LogP contribution is 2.10. The molecule has 0 aromatic carbocycles. The maximum absolute atomic E-state index is 4.97. The summed E-state index contributed by atoms with van der Waals surface area (Å²) in [4.78, 5) is 0. The topological polar surface area (TPSA) is 9.23 Å². The third-order valence-corrected chi connectivity index (χ3v) is 2.62. The normalized spacial score (nSPS) is 16.9. The average Bonchev–Trinajstić information content (AvgIpc) is 1.90. The van der Waals surface area contributed by atoms with E-state index >= 15 is 0 Å². The number of halogens is 1. The van der Waals surface area contributed by atoms with Gasteiger partial charge in [0.1, 0.15) is 5.76 Å². The van der Waals surface area contributed by atoms with Crippen molar-refractivity contribution >= 4 is 24.7 Å². The lowest BCUT2D eigenvalue weighted by molar-refractivity contribution is 0.308. The van der Waals surface area contributed by atoms with Crippen LogP contribution in [0.2, 0.25) is 0 Å². The fraction of sp³-hybridized carbons (Fsp3) is 0.167. The first-order valence-corrected chi connectivity index (χ1v) is 4.78. The minimum Gasteiger partial charge on any atom is -0.496 e. The van der Waals surface area contributed by atoms with Crippen LogP contribution in [-0.2, 0) is 4.74 Å². The molecular formula is C6H7IO. The predicted molar refractivity (Wildman–Crippen MR) is 44.3 cm³/mol. The van der Waals surface area contributed by atoms with Crippen LogP contribution in [-0.4, -0.2) is 11.1 Å². The van der Waals surface area contributed by atoms with Crippen LogP contribution < -0.4 is 0 Å². The van der Waals surface area contributed by atoms with Crippen LogP contribution in [0.15, 0.2) is 22.0 Å². The van der Waals surface area contributed by atoms with Gasteiger partial charge in [0.2, 0.25) is 0 Å². The number of hydrogen-bond donors (Lipinski definition) is 0. The monoisotopic (exact) mass is 222 g/mol. The van der Waals surface area contributed by atoms with Crippen molar-refractivity contribution in [2.45, 2.75) is 0 Å². The zero-order chi connectivity index (χ0) is 5.82. The number of ether oxygens (including phenoxy) is 1. The van der Waals surface area contributed by atoms with Crippen LogP contribution in [0, 0.1) is 0 Å². The van der Waals surface area contributed by atoms with Crippen LogP contribution >= 0.6 is 20.7 Å². The number of rotatable bonds is 1.